The van der Waals surface area contributed by atoms with Crippen molar-refractivity contribution in [2.24, 2.45) is 0 Å². The third-order valence-electron chi connectivity index (χ3n) is 3.91. The van der Waals surface area contributed by atoms with E-state index in [0.29, 0.717) is 11.2 Å². The summed E-state index contributed by atoms with van der Waals surface area (Å²) >= 11 is 0. The molecule has 1 unspecified atom stereocenters. The number of carbonyl (C=O) groups excluding carboxylic acids is 1. The van der Waals surface area contributed by atoms with Crippen LogP contribution in [-0.4, -0.2) is 15.3 Å². The number of amides is 1. The predicted molar refractivity (Wildman–Crippen MR) is 87.3 cm³/mol. The van der Waals surface area contributed by atoms with E-state index < -0.39 is 23.7 Å². The number of nitrogens with zero attached hydrogens (tertiary/aromatic N) is 2. The second-order valence-electron chi connectivity index (χ2n) is 5.91. The monoisotopic (exact) mass is 347 g/mol. The van der Waals surface area contributed by atoms with E-state index in [4.69, 9.17) is 0 Å². The van der Waals surface area contributed by atoms with Crippen LogP contribution in [0.15, 0.2) is 48.8 Å². The van der Waals surface area contributed by atoms with Gasteiger partial charge in [-0.15, -0.1) is 0 Å². The van der Waals surface area contributed by atoms with Crippen LogP contribution in [0.1, 0.15) is 40.1 Å². The lowest BCUT2D eigenvalue weighted by atomic mass is 10.0. The summed E-state index contributed by atoms with van der Waals surface area (Å²) in [5.41, 5.74) is 1.50. The lowest BCUT2D eigenvalue weighted by Gasteiger charge is -2.15. The zero-order chi connectivity index (χ0) is 18.2. The van der Waals surface area contributed by atoms with Gasteiger partial charge in [-0.05, 0) is 49.2 Å². The minimum atomic E-state index is -4.42. The molecule has 4 nitrogen and oxygen atoms in total. The molecule has 2 aromatic heterocycles. The van der Waals surface area contributed by atoms with E-state index >= 15 is 0 Å². The molecule has 25 heavy (non-hydrogen) atoms. The molecule has 1 atom stereocenters. The minimum Gasteiger partial charge on any atom is -0.344 e. The van der Waals surface area contributed by atoms with Gasteiger partial charge in [0.25, 0.3) is 5.91 Å². The summed E-state index contributed by atoms with van der Waals surface area (Å²) in [6, 6.07) is 8.07. The second-order valence-corrected chi connectivity index (χ2v) is 5.91. The van der Waals surface area contributed by atoms with Crippen molar-refractivity contribution < 1.29 is 18.0 Å². The Bertz CT molecular complexity index is 931. The maximum atomic E-state index is 12.8. The molecule has 0 aliphatic heterocycles. The molecule has 0 spiro atoms. The summed E-state index contributed by atoms with van der Waals surface area (Å²) in [5, 5.41) is 2.68. The normalized spacial score (nSPS) is 13.0. The highest BCUT2D eigenvalue weighted by molar-refractivity contribution is 5.93. The number of hydrogen-bond acceptors (Lipinski definition) is 2. The van der Waals surface area contributed by atoms with E-state index in [1.165, 1.54) is 6.07 Å². The van der Waals surface area contributed by atoms with E-state index in [9.17, 15) is 18.0 Å². The first-order valence-corrected chi connectivity index (χ1v) is 7.67. The Kier molecular flexibility index (Phi) is 4.24. The van der Waals surface area contributed by atoms with Crippen LogP contribution in [0.4, 0.5) is 13.2 Å². The first-order chi connectivity index (χ1) is 11.7. The molecule has 0 bridgehead atoms. The Labute approximate surface area is 142 Å². The van der Waals surface area contributed by atoms with Crippen molar-refractivity contribution in [1.29, 1.82) is 0 Å². The predicted octanol–water partition coefficient (Wildman–Crippen LogP) is 4.15. The molecule has 130 valence electrons. The molecule has 1 aromatic carbocycles. The summed E-state index contributed by atoms with van der Waals surface area (Å²) in [4.78, 5) is 16.6. The number of aryl methyl sites for hydroxylation is 1. The van der Waals surface area contributed by atoms with Crippen molar-refractivity contribution in [3.8, 4) is 0 Å². The number of benzene rings is 1. The summed E-state index contributed by atoms with van der Waals surface area (Å²) in [5.74, 6) is -0.439. The summed E-state index contributed by atoms with van der Waals surface area (Å²) in [7, 11) is 0. The number of carbonyl (C=O) groups is 1. The van der Waals surface area contributed by atoms with Gasteiger partial charge in [0.1, 0.15) is 11.3 Å². The molecule has 3 aromatic rings. The topological polar surface area (TPSA) is 46.4 Å². The van der Waals surface area contributed by atoms with Crippen LogP contribution >= 0.6 is 0 Å². The van der Waals surface area contributed by atoms with Crippen molar-refractivity contribution in [3.05, 3.63) is 71.2 Å². The van der Waals surface area contributed by atoms with Gasteiger partial charge in [-0.1, -0.05) is 12.1 Å². The van der Waals surface area contributed by atoms with Gasteiger partial charge in [0.15, 0.2) is 0 Å². The Morgan fingerprint density at radius 2 is 2.00 bits per heavy atom. The van der Waals surface area contributed by atoms with Crippen LogP contribution in [0, 0.1) is 6.92 Å². The molecule has 0 aliphatic carbocycles. The maximum absolute atomic E-state index is 12.8. The van der Waals surface area contributed by atoms with Crippen molar-refractivity contribution >= 4 is 11.6 Å². The smallest absolute Gasteiger partial charge is 0.344 e. The van der Waals surface area contributed by atoms with Gasteiger partial charge in [0.05, 0.1) is 11.6 Å². The van der Waals surface area contributed by atoms with Gasteiger partial charge >= 0.3 is 6.18 Å². The number of rotatable bonds is 3. The van der Waals surface area contributed by atoms with Crippen molar-refractivity contribution in [1.82, 2.24) is 14.7 Å². The van der Waals surface area contributed by atoms with E-state index in [1.807, 2.05) is 19.1 Å². The Balaban J connectivity index is 1.80. The Morgan fingerprint density at radius 1 is 1.24 bits per heavy atom. The molecule has 3 rings (SSSR count). The number of nitrogens with one attached hydrogen (secondary N) is 1. The highest BCUT2D eigenvalue weighted by Gasteiger charge is 2.30. The summed E-state index contributed by atoms with van der Waals surface area (Å²) < 4.78 is 40.1. The molecule has 0 saturated carbocycles. The molecular formula is C18H16F3N3O. The average molecular weight is 347 g/mol. The number of aromatic nitrogens is 2. The average Bonchev–Trinajstić information content (AvgIpc) is 2.97. The molecule has 2 heterocycles. The fourth-order valence-corrected chi connectivity index (χ4v) is 2.53. The van der Waals surface area contributed by atoms with Crippen LogP contribution in [-0.2, 0) is 6.18 Å². The van der Waals surface area contributed by atoms with Gasteiger partial charge in [-0.2, -0.15) is 13.2 Å². The SMILES string of the molecule is Cc1ccn2cc(C(=O)NC(C)c3cccc(C(F)(F)F)c3)nc2c1. The third kappa shape index (κ3) is 3.65. The zero-order valence-corrected chi connectivity index (χ0v) is 13.6. The van der Waals surface area contributed by atoms with Crippen molar-refractivity contribution in [3.63, 3.8) is 0 Å². The Hall–Kier alpha value is -2.83. The number of alkyl halides is 3. The maximum Gasteiger partial charge on any atom is 0.416 e. The van der Waals surface area contributed by atoms with Crippen LogP contribution in [0.2, 0.25) is 0 Å². The van der Waals surface area contributed by atoms with Crippen molar-refractivity contribution in [2.45, 2.75) is 26.1 Å². The van der Waals surface area contributed by atoms with E-state index in [1.54, 1.807) is 29.8 Å². The first-order valence-electron chi connectivity index (χ1n) is 7.67. The second kappa shape index (κ2) is 6.23. The molecule has 0 aliphatic rings. The molecule has 7 heteroatoms. The van der Waals surface area contributed by atoms with Crippen LogP contribution in [0.25, 0.3) is 5.65 Å². The highest BCUT2D eigenvalue weighted by atomic mass is 19.4. The zero-order valence-electron chi connectivity index (χ0n) is 13.6. The molecule has 0 saturated heterocycles. The van der Waals surface area contributed by atoms with Gasteiger partial charge in [-0.3, -0.25) is 4.79 Å². The third-order valence-corrected chi connectivity index (χ3v) is 3.91. The fraction of sp³-hybridized carbons (Fsp3) is 0.222. The highest BCUT2D eigenvalue weighted by Crippen LogP contribution is 2.30. The van der Waals surface area contributed by atoms with Crippen molar-refractivity contribution in [2.75, 3.05) is 0 Å². The van der Waals surface area contributed by atoms with Crippen LogP contribution in [0.3, 0.4) is 0 Å². The summed E-state index contributed by atoms with van der Waals surface area (Å²) in [6.45, 7) is 3.55. The molecular weight excluding hydrogens is 331 g/mol. The first kappa shape index (κ1) is 17.0. The molecule has 1 N–H and O–H groups in total. The van der Waals surface area contributed by atoms with E-state index in [2.05, 4.69) is 10.3 Å². The summed E-state index contributed by atoms with van der Waals surface area (Å²) in [6.07, 6.45) is -1.03. The van der Waals surface area contributed by atoms with Gasteiger partial charge in [0, 0.05) is 12.4 Å². The van der Waals surface area contributed by atoms with Gasteiger partial charge < -0.3 is 9.72 Å². The molecule has 0 fully saturated rings. The van der Waals surface area contributed by atoms with E-state index in [-0.39, 0.29) is 5.69 Å². The van der Waals surface area contributed by atoms with Crippen LogP contribution < -0.4 is 5.32 Å². The number of fused-ring (bicyclic) bond motifs is 1. The number of hydrogen-bond donors (Lipinski definition) is 1. The lowest BCUT2D eigenvalue weighted by Crippen LogP contribution is -2.27. The van der Waals surface area contributed by atoms with Crippen LogP contribution in [0.5, 0.6) is 0 Å². The minimum absolute atomic E-state index is 0.212. The lowest BCUT2D eigenvalue weighted by molar-refractivity contribution is -0.137. The van der Waals surface area contributed by atoms with E-state index in [0.717, 1.165) is 17.7 Å². The number of imidazole rings is 1. The molecule has 0 radical (unpaired) electrons. The van der Waals surface area contributed by atoms with Gasteiger partial charge in [-0.25, -0.2) is 4.98 Å². The molecule has 1 amide bonds. The standard InChI is InChI=1S/C18H16F3N3O/c1-11-6-7-24-10-15(23-16(24)8-11)17(25)22-12(2)13-4-3-5-14(9-13)18(19,20)21/h3-10,12H,1-2H3,(H,22,25). The Morgan fingerprint density at radius 3 is 2.72 bits per heavy atom. The van der Waals surface area contributed by atoms with Gasteiger partial charge in [0.2, 0.25) is 0 Å². The number of halogens is 3. The number of pyridine rings is 1. The quantitative estimate of drug-likeness (QED) is 0.774. The fourth-order valence-electron chi connectivity index (χ4n) is 2.53. The largest absolute Gasteiger partial charge is 0.416 e.